The first-order valence-electron chi connectivity index (χ1n) is 6.47. The lowest BCUT2D eigenvalue weighted by molar-refractivity contribution is 0.127. The fourth-order valence-corrected chi connectivity index (χ4v) is 2.06. The van der Waals surface area contributed by atoms with Crippen LogP contribution in [0.5, 0.6) is 0 Å². The molecule has 1 saturated heterocycles. The summed E-state index contributed by atoms with van der Waals surface area (Å²) in [5.41, 5.74) is 1.01. The molecule has 2 rings (SSSR count). The molecule has 106 valence electrons. The Morgan fingerprint density at radius 3 is 2.63 bits per heavy atom. The van der Waals surface area contributed by atoms with Gasteiger partial charge >= 0.3 is 6.09 Å². The number of benzene rings is 1. The molecule has 19 heavy (non-hydrogen) atoms. The molecule has 0 aliphatic carbocycles. The highest BCUT2D eigenvalue weighted by Gasteiger charge is 2.27. The first kappa shape index (κ1) is 15.8. The minimum atomic E-state index is -0.322. The molecule has 1 amide bonds. The van der Waals surface area contributed by atoms with Gasteiger partial charge in [0.25, 0.3) is 0 Å². The van der Waals surface area contributed by atoms with Crippen molar-refractivity contribution >= 4 is 18.5 Å². The lowest BCUT2D eigenvalue weighted by Crippen LogP contribution is -2.54. The van der Waals surface area contributed by atoms with Crippen molar-refractivity contribution in [2.75, 3.05) is 13.1 Å². The van der Waals surface area contributed by atoms with E-state index in [-0.39, 0.29) is 24.5 Å². The molecule has 2 N–H and O–H groups in total. The largest absolute Gasteiger partial charge is 0.445 e. The number of hydrogen-bond donors (Lipinski definition) is 2. The number of alkyl carbamates (subject to hydrolysis) is 1. The first-order chi connectivity index (χ1) is 8.79. The van der Waals surface area contributed by atoms with Crippen LogP contribution in [0, 0.1) is 5.92 Å². The Labute approximate surface area is 120 Å². The maximum absolute atomic E-state index is 11.7. The summed E-state index contributed by atoms with van der Waals surface area (Å²) in [5.74, 6) is 0.541. The molecule has 1 aromatic rings. The molecular formula is C14H21ClN2O2. The van der Waals surface area contributed by atoms with E-state index in [4.69, 9.17) is 4.74 Å². The molecular weight excluding hydrogens is 264 g/mol. The lowest BCUT2D eigenvalue weighted by Gasteiger charge is -2.34. The monoisotopic (exact) mass is 284 g/mol. The Bertz CT molecular complexity index is 382. The Morgan fingerprint density at radius 1 is 1.42 bits per heavy atom. The van der Waals surface area contributed by atoms with Crippen LogP contribution in [0.1, 0.15) is 18.9 Å². The van der Waals surface area contributed by atoms with E-state index in [1.807, 2.05) is 30.3 Å². The average Bonchev–Trinajstić information content (AvgIpc) is 2.34. The average molecular weight is 285 g/mol. The Morgan fingerprint density at radius 2 is 2.11 bits per heavy atom. The van der Waals surface area contributed by atoms with E-state index in [2.05, 4.69) is 17.6 Å². The highest BCUT2D eigenvalue weighted by molar-refractivity contribution is 5.85. The van der Waals surface area contributed by atoms with Crippen molar-refractivity contribution in [2.45, 2.75) is 26.0 Å². The van der Waals surface area contributed by atoms with Crippen LogP contribution in [0.4, 0.5) is 4.79 Å². The zero-order chi connectivity index (χ0) is 12.8. The molecule has 0 saturated carbocycles. The van der Waals surface area contributed by atoms with Gasteiger partial charge in [0.1, 0.15) is 6.61 Å². The van der Waals surface area contributed by atoms with E-state index in [9.17, 15) is 4.79 Å². The lowest BCUT2D eigenvalue weighted by atomic mass is 9.92. The van der Waals surface area contributed by atoms with Gasteiger partial charge in [0.05, 0.1) is 0 Å². The molecule has 1 atom stereocenters. The third kappa shape index (κ3) is 4.73. The first-order valence-corrected chi connectivity index (χ1v) is 6.47. The van der Waals surface area contributed by atoms with Crippen molar-refractivity contribution in [3.8, 4) is 0 Å². The Balaban J connectivity index is 0.00000180. The number of amides is 1. The van der Waals surface area contributed by atoms with Crippen LogP contribution in [0.25, 0.3) is 0 Å². The fourth-order valence-electron chi connectivity index (χ4n) is 2.06. The number of carbonyl (C=O) groups is 1. The van der Waals surface area contributed by atoms with E-state index in [1.165, 1.54) is 0 Å². The van der Waals surface area contributed by atoms with Crippen LogP contribution in [0.3, 0.4) is 0 Å². The fraction of sp³-hybridized carbons (Fsp3) is 0.500. The molecule has 1 aromatic carbocycles. The molecule has 1 heterocycles. The van der Waals surface area contributed by atoms with Gasteiger partial charge in [0.15, 0.2) is 0 Å². The minimum Gasteiger partial charge on any atom is -0.445 e. The van der Waals surface area contributed by atoms with Gasteiger partial charge in [-0.25, -0.2) is 4.79 Å². The van der Waals surface area contributed by atoms with Crippen LogP contribution >= 0.6 is 12.4 Å². The predicted octanol–water partition coefficient (Wildman–Crippen LogP) is 2.33. The van der Waals surface area contributed by atoms with Gasteiger partial charge in [0, 0.05) is 25.0 Å². The normalized spacial score (nSPS) is 15.8. The summed E-state index contributed by atoms with van der Waals surface area (Å²) in [6.45, 7) is 4.38. The molecule has 0 aromatic heterocycles. The van der Waals surface area contributed by atoms with Gasteiger partial charge in [-0.1, -0.05) is 37.3 Å². The molecule has 1 fully saturated rings. The second-order valence-corrected chi connectivity index (χ2v) is 4.64. The maximum atomic E-state index is 11.7. The molecule has 0 bridgehead atoms. The third-order valence-electron chi connectivity index (χ3n) is 3.34. The van der Waals surface area contributed by atoms with Crippen molar-refractivity contribution in [1.29, 1.82) is 0 Å². The molecule has 1 aliphatic rings. The predicted molar refractivity (Wildman–Crippen MR) is 77.4 cm³/mol. The Hall–Kier alpha value is -1.26. The quantitative estimate of drug-likeness (QED) is 0.872. The third-order valence-corrected chi connectivity index (χ3v) is 3.34. The summed E-state index contributed by atoms with van der Waals surface area (Å²) in [6, 6.07) is 9.92. The molecule has 1 unspecified atom stereocenters. The summed E-state index contributed by atoms with van der Waals surface area (Å²) in [7, 11) is 0. The van der Waals surface area contributed by atoms with Crippen LogP contribution in [0.15, 0.2) is 30.3 Å². The number of ether oxygens (including phenoxy) is 1. The maximum Gasteiger partial charge on any atom is 0.407 e. The molecule has 5 heteroatoms. The number of rotatable bonds is 5. The zero-order valence-corrected chi connectivity index (χ0v) is 11.9. The van der Waals surface area contributed by atoms with E-state index in [0.717, 1.165) is 25.1 Å². The highest BCUT2D eigenvalue weighted by atomic mass is 35.5. The van der Waals surface area contributed by atoms with Crippen molar-refractivity contribution in [2.24, 2.45) is 5.92 Å². The van der Waals surface area contributed by atoms with Gasteiger partial charge < -0.3 is 15.4 Å². The number of hydrogen-bond acceptors (Lipinski definition) is 3. The Kier molecular flexibility index (Phi) is 6.67. The highest BCUT2D eigenvalue weighted by Crippen LogP contribution is 2.12. The van der Waals surface area contributed by atoms with Gasteiger partial charge in [-0.3, -0.25) is 0 Å². The van der Waals surface area contributed by atoms with Crippen LogP contribution in [-0.2, 0) is 11.3 Å². The zero-order valence-electron chi connectivity index (χ0n) is 11.1. The van der Waals surface area contributed by atoms with E-state index >= 15 is 0 Å². The number of nitrogens with one attached hydrogen (secondary N) is 2. The van der Waals surface area contributed by atoms with Crippen molar-refractivity contribution in [3.63, 3.8) is 0 Å². The van der Waals surface area contributed by atoms with Gasteiger partial charge in [-0.2, -0.15) is 0 Å². The second-order valence-electron chi connectivity index (χ2n) is 4.64. The van der Waals surface area contributed by atoms with Gasteiger partial charge in [-0.05, 0) is 12.0 Å². The second kappa shape index (κ2) is 8.02. The van der Waals surface area contributed by atoms with Gasteiger partial charge in [-0.15, -0.1) is 12.4 Å². The van der Waals surface area contributed by atoms with E-state index < -0.39 is 0 Å². The van der Waals surface area contributed by atoms with Crippen molar-refractivity contribution in [1.82, 2.24) is 10.6 Å². The van der Waals surface area contributed by atoms with E-state index in [1.54, 1.807) is 0 Å². The molecule has 0 spiro atoms. The van der Waals surface area contributed by atoms with Gasteiger partial charge in [0.2, 0.25) is 0 Å². The van der Waals surface area contributed by atoms with Crippen LogP contribution in [0.2, 0.25) is 0 Å². The van der Waals surface area contributed by atoms with Crippen LogP contribution < -0.4 is 10.6 Å². The topological polar surface area (TPSA) is 50.4 Å². The summed E-state index contributed by atoms with van der Waals surface area (Å²) in [5, 5.41) is 6.15. The minimum absolute atomic E-state index is 0. The molecule has 4 nitrogen and oxygen atoms in total. The SMILES string of the molecule is CCC(NC(=O)OCc1ccccc1)C1CNC1.Cl. The number of halogens is 1. The summed E-state index contributed by atoms with van der Waals surface area (Å²) in [4.78, 5) is 11.7. The van der Waals surface area contributed by atoms with E-state index in [0.29, 0.717) is 12.5 Å². The molecule has 1 aliphatic heterocycles. The smallest absolute Gasteiger partial charge is 0.407 e. The summed E-state index contributed by atoms with van der Waals surface area (Å²) in [6.07, 6.45) is 0.616. The standard InChI is InChI=1S/C14H20N2O2.ClH/c1-2-13(12-8-15-9-12)16-14(17)18-10-11-6-4-3-5-7-11;/h3-7,12-13,15H,2,8-10H2,1H3,(H,16,17);1H. The van der Waals surface area contributed by atoms with Crippen molar-refractivity contribution in [3.05, 3.63) is 35.9 Å². The number of carbonyl (C=O) groups excluding carboxylic acids is 1. The summed E-state index contributed by atoms with van der Waals surface area (Å²) < 4.78 is 5.21. The molecule has 0 radical (unpaired) electrons. The van der Waals surface area contributed by atoms with Crippen LogP contribution in [-0.4, -0.2) is 25.2 Å². The summed E-state index contributed by atoms with van der Waals surface area (Å²) >= 11 is 0. The van der Waals surface area contributed by atoms with Crippen molar-refractivity contribution < 1.29 is 9.53 Å².